The first kappa shape index (κ1) is 17.1. The highest BCUT2D eigenvalue weighted by Gasteiger charge is 2.53. The van der Waals surface area contributed by atoms with Gasteiger partial charge in [0.2, 0.25) is 0 Å². The fraction of sp³-hybridized carbons (Fsp3) is 0.467. The lowest BCUT2D eigenvalue weighted by Crippen LogP contribution is -2.41. The Kier molecular flexibility index (Phi) is 4.93. The monoisotopic (exact) mass is 372 g/mol. The molecular formula is C15H19BBrFO2S. The van der Waals surface area contributed by atoms with E-state index in [2.05, 4.69) is 15.9 Å². The van der Waals surface area contributed by atoms with Gasteiger partial charge in [-0.05, 0) is 63.8 Å². The largest absolute Gasteiger partial charge is 0.525 e. The van der Waals surface area contributed by atoms with Crippen LogP contribution in [0.15, 0.2) is 33.3 Å². The molecule has 0 aromatic heterocycles. The maximum atomic E-state index is 14.5. The molecule has 0 radical (unpaired) electrons. The van der Waals surface area contributed by atoms with Crippen LogP contribution in [0.1, 0.15) is 33.3 Å². The maximum absolute atomic E-state index is 14.5. The van der Waals surface area contributed by atoms with E-state index in [1.54, 1.807) is 11.8 Å². The van der Waals surface area contributed by atoms with E-state index in [4.69, 9.17) is 9.31 Å². The van der Waals surface area contributed by atoms with Crippen LogP contribution in [0.3, 0.4) is 0 Å². The molecule has 6 heteroatoms. The molecule has 0 N–H and O–H groups in total. The van der Waals surface area contributed by atoms with Gasteiger partial charge in [0.15, 0.2) is 0 Å². The van der Waals surface area contributed by atoms with Gasteiger partial charge in [0, 0.05) is 9.37 Å². The molecule has 0 saturated carbocycles. The van der Waals surface area contributed by atoms with E-state index in [0.717, 1.165) is 14.9 Å². The van der Waals surface area contributed by atoms with Gasteiger partial charge in [-0.3, -0.25) is 0 Å². The number of thioether (sulfide) groups is 1. The molecule has 2 rings (SSSR count). The van der Waals surface area contributed by atoms with E-state index in [1.807, 2.05) is 52.1 Å². The number of halogens is 2. The third kappa shape index (κ3) is 3.55. The number of rotatable bonds is 3. The zero-order valence-electron chi connectivity index (χ0n) is 12.9. The van der Waals surface area contributed by atoms with E-state index in [-0.39, 0.29) is 0 Å². The minimum absolute atomic E-state index is 0.424. The quantitative estimate of drug-likeness (QED) is 0.542. The van der Waals surface area contributed by atoms with E-state index in [1.165, 1.54) is 6.08 Å². The Labute approximate surface area is 138 Å². The zero-order valence-corrected chi connectivity index (χ0v) is 15.3. The Morgan fingerprint density at radius 2 is 1.81 bits per heavy atom. The van der Waals surface area contributed by atoms with E-state index >= 15 is 0 Å². The van der Waals surface area contributed by atoms with Crippen LogP contribution < -0.4 is 0 Å². The van der Waals surface area contributed by atoms with Crippen LogP contribution in [0.2, 0.25) is 0 Å². The number of benzene rings is 1. The molecule has 0 atom stereocenters. The van der Waals surface area contributed by atoms with Gasteiger partial charge in [0.1, 0.15) is 5.73 Å². The van der Waals surface area contributed by atoms with Crippen molar-refractivity contribution in [2.75, 3.05) is 6.26 Å². The van der Waals surface area contributed by atoms with E-state index in [9.17, 15) is 4.39 Å². The highest BCUT2D eigenvalue weighted by molar-refractivity contribution is 9.10. The van der Waals surface area contributed by atoms with Gasteiger partial charge in [-0.2, -0.15) is 0 Å². The van der Waals surface area contributed by atoms with Gasteiger partial charge in [-0.25, -0.2) is 4.39 Å². The summed E-state index contributed by atoms with van der Waals surface area (Å²) in [6.45, 7) is 7.63. The molecule has 0 bridgehead atoms. The summed E-state index contributed by atoms with van der Waals surface area (Å²) in [7, 11) is -0.958. The first-order valence-corrected chi connectivity index (χ1v) is 8.74. The normalized spacial score (nSPS) is 20.9. The maximum Gasteiger partial charge on any atom is 0.525 e. The van der Waals surface area contributed by atoms with E-state index < -0.39 is 24.0 Å². The highest BCUT2D eigenvalue weighted by Crippen LogP contribution is 2.39. The fourth-order valence-corrected chi connectivity index (χ4v) is 2.74. The minimum atomic E-state index is -0.958. The van der Waals surface area contributed by atoms with Crippen molar-refractivity contribution in [3.63, 3.8) is 0 Å². The SMILES string of the molecule is CSc1ccc(Br)c(C=C(F)B2OC(C)(C)C(C)(C)O2)c1. The van der Waals surface area contributed by atoms with Crippen LogP contribution in [0.4, 0.5) is 4.39 Å². The second-order valence-electron chi connectivity index (χ2n) is 6.00. The average Bonchev–Trinajstić information content (AvgIpc) is 2.61. The number of hydrogen-bond donors (Lipinski definition) is 0. The molecule has 0 spiro atoms. The van der Waals surface area contributed by atoms with Crippen molar-refractivity contribution in [3.05, 3.63) is 34.0 Å². The highest BCUT2D eigenvalue weighted by atomic mass is 79.9. The van der Waals surface area contributed by atoms with Gasteiger partial charge < -0.3 is 9.31 Å². The lowest BCUT2D eigenvalue weighted by molar-refractivity contribution is 0.00578. The predicted octanol–water partition coefficient (Wildman–Crippen LogP) is 5.11. The van der Waals surface area contributed by atoms with Crippen molar-refractivity contribution in [1.82, 2.24) is 0 Å². The van der Waals surface area contributed by atoms with Crippen LogP contribution in [0.5, 0.6) is 0 Å². The Bertz CT molecular complexity index is 559. The molecule has 1 aromatic rings. The minimum Gasteiger partial charge on any atom is -0.398 e. The van der Waals surface area contributed by atoms with Crippen molar-refractivity contribution < 1.29 is 13.7 Å². The molecule has 21 heavy (non-hydrogen) atoms. The molecule has 0 amide bonds. The van der Waals surface area contributed by atoms with Gasteiger partial charge in [0.25, 0.3) is 0 Å². The first-order valence-electron chi connectivity index (χ1n) is 6.72. The molecule has 0 unspecified atom stereocenters. The first-order chi connectivity index (χ1) is 9.66. The summed E-state index contributed by atoms with van der Waals surface area (Å²) in [4.78, 5) is 1.08. The predicted molar refractivity (Wildman–Crippen MR) is 91.1 cm³/mol. The standard InChI is InChI=1S/C15H19BBrFO2S/c1-14(2)15(3,4)20-16(19-14)13(18)9-10-8-11(21-5)6-7-12(10)17/h6-9H,1-5H3. The summed E-state index contributed by atoms with van der Waals surface area (Å²) in [6.07, 6.45) is 3.45. The van der Waals surface area contributed by atoms with Gasteiger partial charge in [-0.1, -0.05) is 15.9 Å². The van der Waals surface area contributed by atoms with Crippen molar-refractivity contribution in [2.24, 2.45) is 0 Å². The summed E-state index contributed by atoms with van der Waals surface area (Å²) >= 11 is 5.05. The topological polar surface area (TPSA) is 18.5 Å². The molecule has 1 aliphatic rings. The molecule has 1 saturated heterocycles. The Hall–Kier alpha value is -0.295. The fourth-order valence-electron chi connectivity index (χ4n) is 1.93. The Balaban J connectivity index is 2.27. The third-order valence-electron chi connectivity index (χ3n) is 3.97. The molecule has 114 valence electrons. The third-order valence-corrected chi connectivity index (χ3v) is 5.42. The van der Waals surface area contributed by atoms with Crippen LogP contribution in [0.25, 0.3) is 6.08 Å². The molecule has 1 aromatic carbocycles. The van der Waals surface area contributed by atoms with Crippen molar-refractivity contribution in [3.8, 4) is 0 Å². The van der Waals surface area contributed by atoms with Gasteiger partial charge >= 0.3 is 7.12 Å². The Morgan fingerprint density at radius 1 is 1.24 bits per heavy atom. The molecule has 1 fully saturated rings. The summed E-state index contributed by atoms with van der Waals surface area (Å²) in [5.74, 6) is 0. The zero-order chi connectivity index (χ0) is 15.8. The van der Waals surface area contributed by atoms with Crippen molar-refractivity contribution in [1.29, 1.82) is 0 Å². The average molecular weight is 373 g/mol. The summed E-state index contributed by atoms with van der Waals surface area (Å²) in [5, 5.41) is 0. The molecular weight excluding hydrogens is 354 g/mol. The number of hydrogen-bond acceptors (Lipinski definition) is 3. The molecule has 1 aliphatic heterocycles. The Morgan fingerprint density at radius 3 is 2.33 bits per heavy atom. The molecule has 0 aliphatic carbocycles. The van der Waals surface area contributed by atoms with Crippen LogP contribution in [0, 0.1) is 0 Å². The van der Waals surface area contributed by atoms with Gasteiger partial charge in [0.05, 0.1) is 11.2 Å². The van der Waals surface area contributed by atoms with Crippen LogP contribution >= 0.6 is 27.7 Å². The molecule has 2 nitrogen and oxygen atoms in total. The summed E-state index contributed by atoms with van der Waals surface area (Å²) in [5.41, 5.74) is -0.732. The lowest BCUT2D eigenvalue weighted by atomic mass is 9.87. The van der Waals surface area contributed by atoms with Gasteiger partial charge in [-0.15, -0.1) is 11.8 Å². The van der Waals surface area contributed by atoms with Crippen molar-refractivity contribution in [2.45, 2.75) is 43.8 Å². The van der Waals surface area contributed by atoms with E-state index in [0.29, 0.717) is 0 Å². The molecule has 1 heterocycles. The summed E-state index contributed by atoms with van der Waals surface area (Å²) < 4.78 is 26.7. The summed E-state index contributed by atoms with van der Waals surface area (Å²) in [6, 6.07) is 5.83. The van der Waals surface area contributed by atoms with Crippen LogP contribution in [-0.4, -0.2) is 24.6 Å². The second-order valence-corrected chi connectivity index (χ2v) is 7.74. The smallest absolute Gasteiger partial charge is 0.398 e. The van der Waals surface area contributed by atoms with Crippen LogP contribution in [-0.2, 0) is 9.31 Å². The second kappa shape index (κ2) is 6.07. The lowest BCUT2D eigenvalue weighted by Gasteiger charge is -2.32. The van der Waals surface area contributed by atoms with Crippen molar-refractivity contribution >= 4 is 40.9 Å².